The third kappa shape index (κ3) is 2.49. The second-order valence-corrected chi connectivity index (χ2v) is 8.70. The van der Waals surface area contributed by atoms with E-state index in [-0.39, 0.29) is 10.8 Å². The molecule has 1 heteroatoms. The summed E-state index contributed by atoms with van der Waals surface area (Å²) >= 11 is 6.76. The molecule has 0 fully saturated rings. The lowest BCUT2D eigenvalue weighted by Crippen LogP contribution is -2.37. The summed E-state index contributed by atoms with van der Waals surface area (Å²) < 4.78 is 0. The molecule has 0 saturated heterocycles. The lowest BCUT2D eigenvalue weighted by molar-refractivity contribution is 0.265. The smallest absolute Gasteiger partial charge is 0.0350 e. The van der Waals surface area contributed by atoms with Crippen LogP contribution >= 0.6 is 11.6 Å². The van der Waals surface area contributed by atoms with Crippen molar-refractivity contribution in [2.75, 3.05) is 0 Å². The van der Waals surface area contributed by atoms with Crippen molar-refractivity contribution < 1.29 is 0 Å². The number of hydrogen-bond acceptors (Lipinski definition) is 0. The fourth-order valence-corrected chi connectivity index (χ4v) is 5.81. The quantitative estimate of drug-likeness (QED) is 0.495. The molecular formula is C24H27Cl. The summed E-state index contributed by atoms with van der Waals surface area (Å²) in [6, 6.07) is 0. The molecule has 0 nitrogen and oxygen atoms in total. The van der Waals surface area contributed by atoms with Gasteiger partial charge in [0.05, 0.1) is 0 Å². The summed E-state index contributed by atoms with van der Waals surface area (Å²) in [5.74, 6) is 1.92. The minimum Gasteiger partial charge on any atom is -0.123 e. The highest BCUT2D eigenvalue weighted by Gasteiger charge is 2.50. The van der Waals surface area contributed by atoms with Gasteiger partial charge in [-0.1, -0.05) is 79.3 Å². The Kier molecular flexibility index (Phi) is 4.28. The van der Waals surface area contributed by atoms with Gasteiger partial charge < -0.3 is 0 Å². The van der Waals surface area contributed by atoms with Gasteiger partial charge in [0.25, 0.3) is 0 Å². The van der Waals surface area contributed by atoms with E-state index < -0.39 is 0 Å². The lowest BCUT2D eigenvalue weighted by atomic mass is 9.61. The second-order valence-electron chi connectivity index (χ2n) is 8.01. The van der Waals surface area contributed by atoms with Gasteiger partial charge in [0.15, 0.2) is 0 Å². The minimum absolute atomic E-state index is 0.0112. The molecule has 0 aliphatic heterocycles. The summed E-state index contributed by atoms with van der Waals surface area (Å²) in [6.45, 7) is 6.90. The maximum Gasteiger partial charge on any atom is 0.0350 e. The summed E-state index contributed by atoms with van der Waals surface area (Å²) in [7, 11) is 0. The van der Waals surface area contributed by atoms with E-state index in [1.165, 1.54) is 11.1 Å². The first-order valence-electron chi connectivity index (χ1n) is 9.47. The Hall–Kier alpha value is -1.53. The number of rotatable bonds is 2. The van der Waals surface area contributed by atoms with Gasteiger partial charge in [0.1, 0.15) is 0 Å². The molecular weight excluding hydrogens is 324 g/mol. The van der Waals surface area contributed by atoms with Crippen LogP contribution in [-0.4, -0.2) is 5.38 Å². The maximum atomic E-state index is 6.76. The molecule has 0 heterocycles. The van der Waals surface area contributed by atoms with Crippen molar-refractivity contribution in [2.45, 2.75) is 32.6 Å². The first-order chi connectivity index (χ1) is 12.0. The Bertz CT molecular complexity index is 768. The summed E-state index contributed by atoms with van der Waals surface area (Å²) in [6.07, 6.45) is 26.3. The molecule has 0 aromatic heterocycles. The molecule has 0 radical (unpaired) electrons. The zero-order chi connectivity index (χ0) is 17.6. The minimum atomic E-state index is -0.0112. The highest BCUT2D eigenvalue weighted by Crippen LogP contribution is 2.59. The van der Waals surface area contributed by atoms with Crippen molar-refractivity contribution >= 4 is 11.6 Å². The monoisotopic (exact) mass is 350 g/mol. The molecule has 0 saturated carbocycles. The highest BCUT2D eigenvalue weighted by atomic mass is 35.5. The molecule has 0 amide bonds. The summed E-state index contributed by atoms with van der Waals surface area (Å²) in [4.78, 5) is 0. The maximum absolute atomic E-state index is 6.76. The SMILES string of the molecule is CC1=CC=CC[C@H](C(C)Cl)[C@]1(C)C1=C2C=CC=C[C@H]2[C@H]2C=CC=CC12. The van der Waals surface area contributed by atoms with Crippen molar-refractivity contribution in [3.63, 3.8) is 0 Å². The van der Waals surface area contributed by atoms with E-state index in [0.29, 0.717) is 23.7 Å². The van der Waals surface area contributed by atoms with E-state index in [4.69, 9.17) is 11.6 Å². The van der Waals surface area contributed by atoms with Crippen LogP contribution < -0.4 is 0 Å². The third-order valence-corrected chi connectivity index (χ3v) is 7.15. The Morgan fingerprint density at radius 1 is 1.04 bits per heavy atom. The third-order valence-electron chi connectivity index (χ3n) is 6.85. The van der Waals surface area contributed by atoms with Gasteiger partial charge in [0.2, 0.25) is 0 Å². The molecule has 0 aromatic carbocycles. The lowest BCUT2D eigenvalue weighted by Gasteiger charge is -2.44. The summed E-state index contributed by atoms with van der Waals surface area (Å²) in [5.41, 5.74) is 4.54. The Morgan fingerprint density at radius 2 is 1.76 bits per heavy atom. The number of hydrogen-bond donors (Lipinski definition) is 0. The van der Waals surface area contributed by atoms with Crippen molar-refractivity contribution in [1.82, 2.24) is 0 Å². The van der Waals surface area contributed by atoms with Crippen LogP contribution in [0.5, 0.6) is 0 Å². The predicted octanol–water partition coefficient (Wildman–Crippen LogP) is 6.55. The van der Waals surface area contributed by atoms with Crippen LogP contribution in [0.1, 0.15) is 27.2 Å². The molecule has 0 bridgehead atoms. The van der Waals surface area contributed by atoms with Gasteiger partial charge in [-0.2, -0.15) is 0 Å². The predicted molar refractivity (Wildman–Crippen MR) is 108 cm³/mol. The average molecular weight is 351 g/mol. The topological polar surface area (TPSA) is 0 Å². The van der Waals surface area contributed by atoms with Crippen LogP contribution in [0, 0.1) is 29.1 Å². The normalized spacial score (nSPS) is 39.9. The molecule has 0 aromatic rings. The van der Waals surface area contributed by atoms with E-state index >= 15 is 0 Å². The van der Waals surface area contributed by atoms with Gasteiger partial charge in [-0.3, -0.25) is 0 Å². The van der Waals surface area contributed by atoms with Gasteiger partial charge >= 0.3 is 0 Å². The van der Waals surface area contributed by atoms with Crippen LogP contribution in [0.3, 0.4) is 0 Å². The average Bonchev–Trinajstić information content (AvgIpc) is 2.87. The highest BCUT2D eigenvalue weighted by molar-refractivity contribution is 6.20. The zero-order valence-corrected chi connectivity index (χ0v) is 16.1. The summed E-state index contributed by atoms with van der Waals surface area (Å²) in [5, 5.41) is 0.132. The largest absolute Gasteiger partial charge is 0.123 e. The number of fused-ring (bicyclic) bond motifs is 3. The van der Waals surface area contributed by atoms with Gasteiger partial charge in [-0.15, -0.1) is 11.6 Å². The van der Waals surface area contributed by atoms with Crippen LogP contribution in [0.2, 0.25) is 0 Å². The first-order valence-corrected chi connectivity index (χ1v) is 9.91. The number of allylic oxidation sites excluding steroid dienone is 14. The Morgan fingerprint density at radius 3 is 2.56 bits per heavy atom. The molecule has 6 atom stereocenters. The van der Waals surface area contributed by atoms with Crippen LogP contribution in [0.4, 0.5) is 0 Å². The van der Waals surface area contributed by atoms with E-state index in [0.717, 1.165) is 6.42 Å². The number of halogens is 1. The second kappa shape index (κ2) is 6.32. The molecule has 25 heavy (non-hydrogen) atoms. The Labute approximate surface area is 157 Å². The molecule has 0 spiro atoms. The molecule has 4 aliphatic rings. The standard InChI is InChI=1S/C24H27Cl/c1-16-10-4-9-15-22(17(2)25)24(16,3)23-20-13-7-5-11-18(20)19-12-6-8-14-21(19)23/h4-14,17-20,22H,15H2,1-3H3/t17?,18-,19+,20?,22-,24-/m1/s1. The van der Waals surface area contributed by atoms with Crippen molar-refractivity contribution in [3.05, 3.63) is 83.6 Å². The Balaban J connectivity index is 1.93. The van der Waals surface area contributed by atoms with Crippen LogP contribution in [0.25, 0.3) is 0 Å². The van der Waals surface area contributed by atoms with E-state index in [9.17, 15) is 0 Å². The fourth-order valence-electron chi connectivity index (χ4n) is 5.46. The van der Waals surface area contributed by atoms with Crippen molar-refractivity contribution in [1.29, 1.82) is 0 Å². The molecule has 4 rings (SSSR count). The first kappa shape index (κ1) is 16.9. The van der Waals surface area contributed by atoms with Gasteiger partial charge in [-0.05, 0) is 43.3 Å². The molecule has 0 N–H and O–H groups in total. The zero-order valence-electron chi connectivity index (χ0n) is 15.3. The van der Waals surface area contributed by atoms with Crippen LogP contribution in [0.15, 0.2) is 83.6 Å². The van der Waals surface area contributed by atoms with Crippen molar-refractivity contribution in [3.8, 4) is 0 Å². The van der Waals surface area contributed by atoms with E-state index in [2.05, 4.69) is 87.6 Å². The molecule has 4 aliphatic carbocycles. The van der Waals surface area contributed by atoms with Crippen molar-refractivity contribution in [2.24, 2.45) is 29.1 Å². The number of alkyl halides is 1. The van der Waals surface area contributed by atoms with E-state index in [1.54, 1.807) is 5.57 Å². The molecule has 2 unspecified atom stereocenters. The molecule has 130 valence electrons. The van der Waals surface area contributed by atoms with Gasteiger partial charge in [0, 0.05) is 22.6 Å². The van der Waals surface area contributed by atoms with Gasteiger partial charge in [-0.25, -0.2) is 0 Å². The fraction of sp³-hybridized carbons (Fsp3) is 0.417. The van der Waals surface area contributed by atoms with Crippen LogP contribution in [-0.2, 0) is 0 Å². The van der Waals surface area contributed by atoms with E-state index in [1.807, 2.05) is 0 Å².